The molecule has 160 valence electrons. The Bertz CT molecular complexity index is 273. The van der Waals surface area contributed by atoms with Gasteiger partial charge in [0.2, 0.25) is 0 Å². The Hall–Kier alpha value is -0.280. The predicted molar refractivity (Wildman–Crippen MR) is 102 cm³/mol. The van der Waals surface area contributed by atoms with Gasteiger partial charge in [0.25, 0.3) is 0 Å². The highest BCUT2D eigenvalue weighted by atomic mass is 16.5. The maximum absolute atomic E-state index is 9.66. The third-order valence-corrected chi connectivity index (χ3v) is 4.29. The van der Waals surface area contributed by atoms with E-state index in [-0.39, 0.29) is 18.8 Å². The monoisotopic (exact) mass is 382 g/mol. The van der Waals surface area contributed by atoms with Gasteiger partial charge in [-0.2, -0.15) is 0 Å². The van der Waals surface area contributed by atoms with Gasteiger partial charge in [-0.05, 0) is 32.1 Å². The van der Waals surface area contributed by atoms with Crippen LogP contribution in [0.4, 0.5) is 0 Å². The minimum Gasteiger partial charge on any atom is -0.393 e. The first-order valence-corrected chi connectivity index (χ1v) is 9.81. The van der Waals surface area contributed by atoms with Crippen LogP contribution >= 0.6 is 0 Å². The molecule has 0 spiro atoms. The van der Waals surface area contributed by atoms with Gasteiger partial charge in [-0.3, -0.25) is 0 Å². The Balaban J connectivity index is 0. The topological polar surface area (TPSA) is 120 Å². The van der Waals surface area contributed by atoms with Crippen molar-refractivity contribution >= 4 is 0 Å². The lowest BCUT2D eigenvalue weighted by Crippen LogP contribution is -2.34. The van der Waals surface area contributed by atoms with Crippen molar-refractivity contribution in [3.63, 3.8) is 0 Å². The van der Waals surface area contributed by atoms with Gasteiger partial charge in [0.05, 0.1) is 43.7 Å². The molecule has 0 bridgehead atoms. The van der Waals surface area contributed by atoms with E-state index in [0.29, 0.717) is 52.1 Å². The van der Waals surface area contributed by atoms with E-state index in [1.807, 2.05) is 27.7 Å². The summed E-state index contributed by atoms with van der Waals surface area (Å²) < 4.78 is 10.3. The fraction of sp³-hybridized carbons (Fsp3) is 1.00. The fourth-order valence-electron chi connectivity index (χ4n) is 1.73. The molecule has 4 unspecified atom stereocenters. The van der Waals surface area contributed by atoms with Gasteiger partial charge in [-0.25, -0.2) is 0 Å². The molecule has 7 nitrogen and oxygen atoms in total. The Morgan fingerprint density at radius 1 is 0.769 bits per heavy atom. The molecule has 0 aliphatic heterocycles. The predicted octanol–water partition coefficient (Wildman–Crippen LogP) is 1.23. The quantitative estimate of drug-likeness (QED) is 0.270. The van der Waals surface area contributed by atoms with Crippen molar-refractivity contribution in [3.8, 4) is 0 Å². The lowest BCUT2D eigenvalue weighted by atomic mass is 9.98. The van der Waals surface area contributed by atoms with E-state index in [1.54, 1.807) is 0 Å². The van der Waals surface area contributed by atoms with Crippen LogP contribution in [0.25, 0.3) is 0 Å². The molecule has 7 heteroatoms. The lowest BCUT2D eigenvalue weighted by molar-refractivity contribution is -0.0514. The zero-order valence-corrected chi connectivity index (χ0v) is 17.1. The number of hydrogen-bond donors (Lipinski definition) is 5. The van der Waals surface area contributed by atoms with E-state index >= 15 is 0 Å². The molecule has 0 aliphatic rings. The van der Waals surface area contributed by atoms with Crippen molar-refractivity contribution in [2.45, 2.75) is 90.1 Å². The van der Waals surface area contributed by atoms with E-state index in [9.17, 15) is 5.11 Å². The van der Waals surface area contributed by atoms with Gasteiger partial charge in [0.15, 0.2) is 0 Å². The van der Waals surface area contributed by atoms with Crippen LogP contribution in [-0.2, 0) is 9.47 Å². The van der Waals surface area contributed by atoms with Gasteiger partial charge < -0.3 is 35.0 Å². The first-order valence-electron chi connectivity index (χ1n) is 9.81. The average molecular weight is 383 g/mol. The smallest absolute Gasteiger partial charge is 0.0896 e. The van der Waals surface area contributed by atoms with Crippen molar-refractivity contribution in [3.05, 3.63) is 0 Å². The van der Waals surface area contributed by atoms with Crippen molar-refractivity contribution < 1.29 is 35.0 Å². The molecule has 0 heterocycles. The van der Waals surface area contributed by atoms with Crippen LogP contribution in [0.1, 0.15) is 66.2 Å². The lowest BCUT2D eigenvalue weighted by Gasteiger charge is -2.24. The number of ether oxygens (including phenoxy) is 2. The average Bonchev–Trinajstić information content (AvgIpc) is 2.67. The fourth-order valence-corrected chi connectivity index (χ4v) is 1.73. The highest BCUT2D eigenvalue weighted by Gasteiger charge is 2.22. The Morgan fingerprint density at radius 2 is 1.23 bits per heavy atom. The Kier molecular flexibility index (Phi) is 19.4. The van der Waals surface area contributed by atoms with Gasteiger partial charge >= 0.3 is 0 Å². The van der Waals surface area contributed by atoms with Crippen LogP contribution in [-0.4, -0.2) is 82.5 Å². The minimum atomic E-state index is -1.03. The molecule has 4 atom stereocenters. The van der Waals surface area contributed by atoms with Crippen molar-refractivity contribution in [1.29, 1.82) is 0 Å². The summed E-state index contributed by atoms with van der Waals surface area (Å²) in [6, 6.07) is 0. The Labute approximate surface area is 159 Å². The summed E-state index contributed by atoms with van der Waals surface area (Å²) in [6.07, 6.45) is 2.66. The minimum absolute atomic E-state index is 0.247. The van der Waals surface area contributed by atoms with Crippen molar-refractivity contribution in [1.82, 2.24) is 0 Å². The van der Waals surface area contributed by atoms with Crippen LogP contribution in [0.5, 0.6) is 0 Å². The summed E-state index contributed by atoms with van der Waals surface area (Å²) in [4.78, 5) is 0. The summed E-state index contributed by atoms with van der Waals surface area (Å²) in [5.41, 5.74) is -1.03. The van der Waals surface area contributed by atoms with Gasteiger partial charge in [-0.1, -0.05) is 27.7 Å². The van der Waals surface area contributed by atoms with Crippen LogP contribution in [0.3, 0.4) is 0 Å². The van der Waals surface area contributed by atoms with Crippen LogP contribution in [0.2, 0.25) is 0 Å². The van der Waals surface area contributed by atoms with Crippen molar-refractivity contribution in [2.24, 2.45) is 0 Å². The molecular formula is C19H42O7. The molecular weight excluding hydrogens is 340 g/mol. The van der Waals surface area contributed by atoms with Crippen molar-refractivity contribution in [2.75, 3.05) is 33.0 Å². The molecule has 26 heavy (non-hydrogen) atoms. The number of aliphatic hydroxyl groups excluding tert-OH is 4. The second-order valence-electron chi connectivity index (χ2n) is 6.61. The van der Waals surface area contributed by atoms with E-state index in [2.05, 4.69) is 0 Å². The maximum Gasteiger partial charge on any atom is 0.0896 e. The standard InChI is InChI=1S/C10H22O4.C9H20O3/c1-3-9(12)7-14-6-5-10(13,4-2)8-11;1-3-8(10)5-6-12-7-9(11)4-2/h9,11-13H,3-8H2,1-2H3;8-11H,3-7H2,1-2H3. The zero-order valence-electron chi connectivity index (χ0n) is 17.1. The van der Waals surface area contributed by atoms with Crippen LogP contribution < -0.4 is 0 Å². The molecule has 0 saturated carbocycles. The molecule has 5 N–H and O–H groups in total. The first kappa shape index (κ1) is 27.9. The van der Waals surface area contributed by atoms with E-state index < -0.39 is 11.7 Å². The zero-order chi connectivity index (χ0) is 20.4. The molecule has 0 aromatic rings. The summed E-state index contributed by atoms with van der Waals surface area (Å²) in [5.74, 6) is 0. The van der Waals surface area contributed by atoms with Gasteiger partial charge in [0, 0.05) is 19.6 Å². The molecule has 0 fully saturated rings. The number of aliphatic hydroxyl groups is 5. The molecule has 0 radical (unpaired) electrons. The molecule has 0 rings (SSSR count). The van der Waals surface area contributed by atoms with Gasteiger partial charge in [-0.15, -0.1) is 0 Å². The summed E-state index contributed by atoms with van der Waals surface area (Å²) in [6.45, 7) is 8.87. The number of hydrogen-bond acceptors (Lipinski definition) is 7. The van der Waals surface area contributed by atoms with Crippen LogP contribution in [0.15, 0.2) is 0 Å². The SMILES string of the molecule is CCC(O)CCOCC(O)CC.CCC(O)COCCC(O)(CC)CO. The molecule has 0 amide bonds. The van der Waals surface area contributed by atoms with E-state index in [4.69, 9.17) is 29.9 Å². The third-order valence-electron chi connectivity index (χ3n) is 4.29. The molecule has 0 saturated heterocycles. The second kappa shape index (κ2) is 18.1. The first-order chi connectivity index (χ1) is 12.3. The highest BCUT2D eigenvalue weighted by molar-refractivity contribution is 4.74. The molecule has 0 aromatic carbocycles. The van der Waals surface area contributed by atoms with E-state index in [1.165, 1.54) is 0 Å². The number of rotatable bonds is 15. The summed E-state index contributed by atoms with van der Waals surface area (Å²) in [7, 11) is 0. The molecule has 0 aliphatic carbocycles. The maximum atomic E-state index is 9.66. The third kappa shape index (κ3) is 17.1. The molecule has 0 aromatic heterocycles. The van der Waals surface area contributed by atoms with E-state index in [0.717, 1.165) is 12.8 Å². The van der Waals surface area contributed by atoms with Gasteiger partial charge in [0.1, 0.15) is 0 Å². The Morgan fingerprint density at radius 3 is 1.62 bits per heavy atom. The summed E-state index contributed by atoms with van der Waals surface area (Å²) >= 11 is 0. The highest BCUT2D eigenvalue weighted by Crippen LogP contribution is 2.13. The van der Waals surface area contributed by atoms with Crippen LogP contribution in [0, 0.1) is 0 Å². The largest absolute Gasteiger partial charge is 0.393 e. The second-order valence-corrected chi connectivity index (χ2v) is 6.61. The normalized spacial score (nSPS) is 17.0. The summed E-state index contributed by atoms with van der Waals surface area (Å²) in [5, 5.41) is 45.9.